The Morgan fingerprint density at radius 1 is 1.44 bits per heavy atom. The predicted octanol–water partition coefficient (Wildman–Crippen LogP) is 0.148. The van der Waals surface area contributed by atoms with E-state index in [0.717, 1.165) is 10.4 Å². The lowest BCUT2D eigenvalue weighted by atomic mass is 10.1. The summed E-state index contributed by atoms with van der Waals surface area (Å²) in [5, 5.41) is 19.7. The van der Waals surface area contributed by atoms with Crippen molar-refractivity contribution in [2.45, 2.75) is 11.3 Å². The molecule has 1 aliphatic heterocycles. The first-order chi connectivity index (χ1) is 11.6. The average molecular weight is 371 g/mol. The number of aliphatic carboxylic acids is 1. The van der Waals surface area contributed by atoms with Crippen molar-refractivity contribution in [1.29, 1.82) is 0 Å². The van der Waals surface area contributed by atoms with Crippen LogP contribution in [0, 0.1) is 16.0 Å². The molecule has 1 N–H and O–H groups in total. The molecule has 1 saturated heterocycles. The molecule has 1 heterocycles. The van der Waals surface area contributed by atoms with Gasteiger partial charge in [0.05, 0.1) is 22.3 Å². The Labute approximate surface area is 143 Å². The first-order valence-corrected chi connectivity index (χ1v) is 8.78. The number of hydrogen-bond acceptors (Lipinski definition) is 6. The van der Waals surface area contributed by atoms with Crippen LogP contribution < -0.4 is 0 Å². The fourth-order valence-electron chi connectivity index (χ4n) is 2.50. The lowest BCUT2D eigenvalue weighted by Crippen LogP contribution is -2.40. The van der Waals surface area contributed by atoms with Gasteiger partial charge in [-0.2, -0.15) is 4.31 Å². The van der Waals surface area contributed by atoms with E-state index in [1.54, 1.807) is 0 Å². The van der Waals surface area contributed by atoms with Gasteiger partial charge < -0.3 is 10.0 Å². The molecule has 1 fully saturated rings. The van der Waals surface area contributed by atoms with E-state index < -0.39 is 39.3 Å². The maximum absolute atomic E-state index is 12.5. The number of amides is 1. The largest absolute Gasteiger partial charge is 0.481 e. The Morgan fingerprint density at radius 2 is 2.12 bits per heavy atom. The van der Waals surface area contributed by atoms with Gasteiger partial charge in [0.15, 0.2) is 0 Å². The van der Waals surface area contributed by atoms with Crippen molar-refractivity contribution >= 4 is 27.6 Å². The molecule has 136 valence electrons. The van der Waals surface area contributed by atoms with Crippen LogP contribution in [0.4, 0.5) is 5.69 Å². The number of carboxylic acids is 1. The Bertz CT molecular complexity index is 808. The minimum Gasteiger partial charge on any atom is -0.481 e. The van der Waals surface area contributed by atoms with Crippen LogP contribution in [-0.4, -0.2) is 66.2 Å². The van der Waals surface area contributed by atoms with E-state index in [4.69, 9.17) is 5.11 Å². The number of likely N-dealkylation sites (tertiary alicyclic amines) is 1. The molecule has 1 aromatic carbocycles. The molecule has 25 heavy (non-hydrogen) atoms. The normalized spacial score (nSPS) is 17.7. The number of likely N-dealkylation sites (N-methyl/N-ethyl adjacent to an activating group) is 1. The standard InChI is InChI=1S/C14H17N3O7S/c1-15(9-13(18)16-6-5-10(8-16)14(19)20)25(23,24)12-4-2-3-11(7-12)17(21)22/h2-4,7,10H,5-6,8-9H2,1H3,(H,19,20). The Morgan fingerprint density at radius 3 is 2.68 bits per heavy atom. The molecule has 10 nitrogen and oxygen atoms in total. The number of carboxylic acid groups (broad SMARTS) is 1. The topological polar surface area (TPSA) is 138 Å². The molecule has 0 bridgehead atoms. The first-order valence-electron chi connectivity index (χ1n) is 7.34. The Balaban J connectivity index is 2.10. The summed E-state index contributed by atoms with van der Waals surface area (Å²) in [5.41, 5.74) is -0.371. The fraction of sp³-hybridized carbons (Fsp3) is 0.429. The summed E-state index contributed by atoms with van der Waals surface area (Å²) in [5.74, 6) is -2.16. The Hall–Kier alpha value is -2.53. The van der Waals surface area contributed by atoms with Crippen LogP contribution in [0.5, 0.6) is 0 Å². The van der Waals surface area contributed by atoms with E-state index in [1.807, 2.05) is 0 Å². The molecule has 0 saturated carbocycles. The van der Waals surface area contributed by atoms with E-state index in [0.29, 0.717) is 6.42 Å². The van der Waals surface area contributed by atoms with Gasteiger partial charge in [-0.3, -0.25) is 19.7 Å². The van der Waals surface area contributed by atoms with Crippen LogP contribution in [0.1, 0.15) is 6.42 Å². The van der Waals surface area contributed by atoms with Crippen molar-refractivity contribution in [3.63, 3.8) is 0 Å². The third kappa shape index (κ3) is 4.12. The van der Waals surface area contributed by atoms with Gasteiger partial charge in [-0.05, 0) is 12.5 Å². The fourth-order valence-corrected chi connectivity index (χ4v) is 3.66. The number of non-ortho nitro benzene ring substituents is 1. The van der Waals surface area contributed by atoms with E-state index in [2.05, 4.69) is 0 Å². The monoisotopic (exact) mass is 371 g/mol. The highest BCUT2D eigenvalue weighted by atomic mass is 32.2. The average Bonchev–Trinajstić information content (AvgIpc) is 3.05. The lowest BCUT2D eigenvalue weighted by Gasteiger charge is -2.21. The number of nitro benzene ring substituents is 1. The summed E-state index contributed by atoms with van der Waals surface area (Å²) >= 11 is 0. The summed E-state index contributed by atoms with van der Waals surface area (Å²) in [6.45, 7) is -0.184. The zero-order valence-electron chi connectivity index (χ0n) is 13.4. The zero-order chi connectivity index (χ0) is 18.8. The van der Waals surface area contributed by atoms with Gasteiger partial charge in [0.1, 0.15) is 0 Å². The lowest BCUT2D eigenvalue weighted by molar-refractivity contribution is -0.385. The number of nitro groups is 1. The van der Waals surface area contributed by atoms with Crippen molar-refractivity contribution in [3.8, 4) is 0 Å². The van der Waals surface area contributed by atoms with Crippen LogP contribution in [0.2, 0.25) is 0 Å². The molecule has 1 unspecified atom stereocenters. The number of nitrogens with zero attached hydrogens (tertiary/aromatic N) is 3. The van der Waals surface area contributed by atoms with E-state index in [-0.39, 0.29) is 23.7 Å². The molecule has 1 aliphatic rings. The van der Waals surface area contributed by atoms with Crippen LogP contribution in [0.3, 0.4) is 0 Å². The molecule has 1 amide bonds. The Kier molecular flexibility index (Phi) is 5.38. The van der Waals surface area contributed by atoms with Crippen LogP contribution in [0.15, 0.2) is 29.2 Å². The van der Waals surface area contributed by atoms with Gasteiger partial charge in [-0.1, -0.05) is 6.07 Å². The minimum absolute atomic E-state index is 0.0405. The van der Waals surface area contributed by atoms with Crippen molar-refractivity contribution in [2.75, 3.05) is 26.7 Å². The highest BCUT2D eigenvalue weighted by Gasteiger charge is 2.33. The maximum atomic E-state index is 12.5. The number of sulfonamides is 1. The van der Waals surface area contributed by atoms with E-state index in [9.17, 15) is 28.1 Å². The van der Waals surface area contributed by atoms with Crippen molar-refractivity contribution in [2.24, 2.45) is 5.92 Å². The molecule has 0 aromatic heterocycles. The maximum Gasteiger partial charge on any atom is 0.308 e. The number of hydrogen-bond donors (Lipinski definition) is 1. The van der Waals surface area contributed by atoms with Crippen LogP contribution in [0.25, 0.3) is 0 Å². The molecule has 1 atom stereocenters. The van der Waals surface area contributed by atoms with E-state index in [1.165, 1.54) is 30.1 Å². The molecule has 1 aromatic rings. The van der Waals surface area contributed by atoms with Crippen molar-refractivity contribution in [3.05, 3.63) is 34.4 Å². The smallest absolute Gasteiger partial charge is 0.308 e. The first kappa shape index (κ1) is 18.8. The summed E-state index contributed by atoms with van der Waals surface area (Å²) in [7, 11) is -2.89. The zero-order valence-corrected chi connectivity index (χ0v) is 14.2. The third-order valence-corrected chi connectivity index (χ3v) is 5.78. The molecule has 11 heteroatoms. The molecule has 0 aliphatic carbocycles. The van der Waals surface area contributed by atoms with Gasteiger partial charge in [0.25, 0.3) is 5.69 Å². The SMILES string of the molecule is CN(CC(=O)N1CCC(C(=O)O)C1)S(=O)(=O)c1cccc([N+](=O)[O-])c1. The minimum atomic E-state index is -4.08. The van der Waals surface area contributed by atoms with Gasteiger partial charge in [0, 0.05) is 32.3 Å². The van der Waals surface area contributed by atoms with Gasteiger partial charge in [0.2, 0.25) is 15.9 Å². The number of benzene rings is 1. The summed E-state index contributed by atoms with van der Waals surface area (Å²) in [4.78, 5) is 34.2. The van der Waals surface area contributed by atoms with Gasteiger partial charge in [-0.25, -0.2) is 8.42 Å². The molecular weight excluding hydrogens is 354 g/mol. The highest BCUT2D eigenvalue weighted by molar-refractivity contribution is 7.89. The molecule has 0 radical (unpaired) electrons. The van der Waals surface area contributed by atoms with Crippen molar-refractivity contribution in [1.82, 2.24) is 9.21 Å². The molecule has 2 rings (SSSR count). The van der Waals surface area contributed by atoms with Gasteiger partial charge >= 0.3 is 5.97 Å². The number of carbonyl (C=O) groups is 2. The molecule has 0 spiro atoms. The number of carbonyl (C=O) groups excluding carboxylic acids is 1. The van der Waals surface area contributed by atoms with Crippen LogP contribution in [-0.2, 0) is 19.6 Å². The second-order valence-corrected chi connectivity index (χ2v) is 7.72. The second-order valence-electron chi connectivity index (χ2n) is 5.68. The summed E-state index contributed by atoms with van der Waals surface area (Å²) in [6.07, 6.45) is 0.322. The quantitative estimate of drug-likeness (QED) is 0.555. The summed E-state index contributed by atoms with van der Waals surface area (Å²) in [6, 6.07) is 4.55. The second kappa shape index (κ2) is 7.15. The van der Waals surface area contributed by atoms with Gasteiger partial charge in [-0.15, -0.1) is 0 Å². The van der Waals surface area contributed by atoms with Crippen LogP contribution >= 0.6 is 0 Å². The third-order valence-electron chi connectivity index (χ3n) is 3.98. The van der Waals surface area contributed by atoms with E-state index >= 15 is 0 Å². The van der Waals surface area contributed by atoms with Crippen molar-refractivity contribution < 1.29 is 28.0 Å². The molecular formula is C14H17N3O7S. The highest BCUT2D eigenvalue weighted by Crippen LogP contribution is 2.21. The predicted molar refractivity (Wildman–Crippen MR) is 85.2 cm³/mol. The number of rotatable bonds is 6. The summed E-state index contributed by atoms with van der Waals surface area (Å²) < 4.78 is 25.7.